The summed E-state index contributed by atoms with van der Waals surface area (Å²) >= 11 is 5.63. The van der Waals surface area contributed by atoms with Gasteiger partial charge in [-0.25, -0.2) is 82.9 Å². The second-order valence-electron chi connectivity index (χ2n) is 15.2. The van der Waals surface area contributed by atoms with E-state index in [0.29, 0.717) is 11.8 Å². The van der Waals surface area contributed by atoms with Crippen LogP contribution in [0, 0.1) is 11.6 Å². The lowest BCUT2D eigenvalue weighted by Crippen LogP contribution is -2.50. The smallest absolute Gasteiger partial charge is 0.239 e. The predicted molar refractivity (Wildman–Crippen MR) is 244 cm³/mol. The van der Waals surface area contributed by atoms with Crippen LogP contribution >= 0.6 is 11.6 Å². The molecule has 27 heteroatoms. The summed E-state index contributed by atoms with van der Waals surface area (Å²) in [6, 6.07) is 7.58. The largest absolute Gasteiger partial charge is 0.467 e. The van der Waals surface area contributed by atoms with Gasteiger partial charge in [-0.2, -0.15) is 0 Å². The fourth-order valence-electron chi connectivity index (χ4n) is 6.45. The van der Waals surface area contributed by atoms with E-state index in [1.54, 1.807) is 0 Å². The molecule has 4 aromatic heterocycles. The Morgan fingerprint density at radius 1 is 0.739 bits per heavy atom. The molecule has 20 nitrogen and oxygen atoms in total. The molecule has 69 heavy (non-hydrogen) atoms. The highest BCUT2D eigenvalue weighted by Crippen LogP contribution is 2.36. The van der Waals surface area contributed by atoms with Crippen molar-refractivity contribution in [3.05, 3.63) is 148 Å². The zero-order valence-corrected chi connectivity index (χ0v) is 39.1. The standard InChI is InChI=1S/C21H20F2N6O4S.C17H16ClF2N5O2S.C4H5NO2/c1-21(12-34(30,31)29(2)20(24)28-21)14-7-13(3-4-15(14)22)8-16(23)17-9-27-18(10-26-17)33-11-19-25-5-6-32-19;1-17(9-28(26,27)25(2)16(21)24-17)11-5-10(3-4-12(11)19)6-13(20)14-7-23-15(18)8-22-14;6-3-4-5-1-2-7-4/h3-10H,11-12H2,1-2H3,(H2,24,28);3-8H,9H2,1-2H3,(H2,21,24);1-2,6H,3H2/b16-8-;13-6-;/t21-;17-;/m00./s1. The number of aromatic nitrogens is 6. The Hall–Kier alpha value is -7.29. The van der Waals surface area contributed by atoms with Gasteiger partial charge >= 0.3 is 0 Å². The highest BCUT2D eigenvalue weighted by Gasteiger charge is 2.43. The molecular formula is C42H41ClF4N12O8S2. The molecule has 2 aliphatic heterocycles. The fraction of sp³-hybridized carbons (Fsp3) is 0.238. The number of aliphatic hydroxyl groups is 1. The molecule has 0 saturated heterocycles. The second kappa shape index (κ2) is 20.9. The number of aliphatic imine (C=N–C) groups is 2. The summed E-state index contributed by atoms with van der Waals surface area (Å²) in [5.74, 6) is -3.47. The molecule has 2 aliphatic rings. The molecule has 0 saturated carbocycles. The third kappa shape index (κ3) is 12.4. The number of aliphatic hydroxyl groups excluding tert-OH is 1. The maximum Gasteiger partial charge on any atom is 0.239 e. The summed E-state index contributed by atoms with van der Waals surface area (Å²) in [5.41, 5.74) is 8.88. The fourth-order valence-corrected chi connectivity index (χ4v) is 9.45. The lowest BCUT2D eigenvalue weighted by molar-refractivity contribution is 0.240. The maximum atomic E-state index is 14.8. The van der Waals surface area contributed by atoms with Crippen molar-refractivity contribution in [2.45, 2.75) is 38.1 Å². The summed E-state index contributed by atoms with van der Waals surface area (Å²) < 4.78 is 125. The molecule has 2 atom stereocenters. The van der Waals surface area contributed by atoms with Crippen molar-refractivity contribution in [2.24, 2.45) is 21.5 Å². The normalized spacial score (nSPS) is 19.9. The van der Waals surface area contributed by atoms with Crippen LogP contribution in [0.15, 0.2) is 105 Å². The molecule has 2 aromatic carbocycles. The second-order valence-corrected chi connectivity index (χ2v) is 19.5. The minimum atomic E-state index is -3.80. The molecule has 0 fully saturated rings. The number of nitrogens with two attached hydrogens (primary N) is 2. The average Bonchev–Trinajstić information content (AvgIpc) is 4.04. The van der Waals surface area contributed by atoms with Crippen LogP contribution in [-0.4, -0.2) is 98.0 Å². The van der Waals surface area contributed by atoms with Crippen LogP contribution in [0.25, 0.3) is 23.8 Å². The molecule has 0 spiro atoms. The lowest BCUT2D eigenvalue weighted by Gasteiger charge is -2.34. The molecule has 5 N–H and O–H groups in total. The van der Waals surface area contributed by atoms with E-state index in [1.165, 1.54) is 95.7 Å². The van der Waals surface area contributed by atoms with Crippen molar-refractivity contribution in [3.8, 4) is 5.88 Å². The van der Waals surface area contributed by atoms with Crippen molar-refractivity contribution < 1.29 is 53.1 Å². The average molecular weight is 1020 g/mol. The van der Waals surface area contributed by atoms with Crippen molar-refractivity contribution in [1.82, 2.24) is 38.5 Å². The highest BCUT2D eigenvalue weighted by atomic mass is 35.5. The van der Waals surface area contributed by atoms with E-state index in [-0.39, 0.29) is 69.8 Å². The van der Waals surface area contributed by atoms with Crippen molar-refractivity contribution in [1.29, 1.82) is 0 Å². The number of sulfonamides is 2. The molecule has 8 rings (SSSR count). The third-order valence-electron chi connectivity index (χ3n) is 10.0. The lowest BCUT2D eigenvalue weighted by atomic mass is 9.92. The molecule has 0 radical (unpaired) electrons. The van der Waals surface area contributed by atoms with E-state index in [9.17, 15) is 34.4 Å². The maximum absolute atomic E-state index is 14.8. The van der Waals surface area contributed by atoms with Gasteiger partial charge in [0.2, 0.25) is 49.6 Å². The Balaban J connectivity index is 0.000000201. The van der Waals surface area contributed by atoms with Gasteiger partial charge in [0.25, 0.3) is 0 Å². The van der Waals surface area contributed by atoms with Crippen LogP contribution < -0.4 is 16.2 Å². The van der Waals surface area contributed by atoms with Crippen LogP contribution in [0.4, 0.5) is 17.6 Å². The number of oxazole rings is 2. The summed E-state index contributed by atoms with van der Waals surface area (Å²) in [6.45, 7) is 2.83. The minimum absolute atomic E-state index is 0.0177. The molecule has 0 aliphatic carbocycles. The van der Waals surface area contributed by atoms with Gasteiger partial charge in [-0.3, -0.25) is 0 Å². The van der Waals surface area contributed by atoms with Gasteiger partial charge in [0.1, 0.15) is 58.4 Å². The number of rotatable bonds is 10. The number of benzene rings is 2. The Kier molecular flexibility index (Phi) is 15.5. The first-order chi connectivity index (χ1) is 32.5. The summed E-state index contributed by atoms with van der Waals surface area (Å²) in [7, 11) is -5.04. The van der Waals surface area contributed by atoms with Crippen LogP contribution in [0.5, 0.6) is 5.88 Å². The first-order valence-corrected chi connectivity index (χ1v) is 23.4. The van der Waals surface area contributed by atoms with E-state index in [0.717, 1.165) is 39.1 Å². The van der Waals surface area contributed by atoms with E-state index in [4.69, 9.17) is 37.3 Å². The van der Waals surface area contributed by atoms with E-state index >= 15 is 0 Å². The molecule has 364 valence electrons. The number of ether oxygens (including phenoxy) is 1. The predicted octanol–water partition coefficient (Wildman–Crippen LogP) is 5.16. The van der Waals surface area contributed by atoms with Gasteiger partial charge in [-0.15, -0.1) is 0 Å². The molecule has 6 heterocycles. The summed E-state index contributed by atoms with van der Waals surface area (Å²) in [5, 5.41) is 8.39. The van der Waals surface area contributed by atoms with Gasteiger partial charge < -0.3 is 30.1 Å². The number of hydrogen-bond acceptors (Lipinski definition) is 18. The minimum Gasteiger partial charge on any atom is -0.467 e. The number of halogens is 5. The van der Waals surface area contributed by atoms with E-state index in [2.05, 4.69) is 44.3 Å². The Morgan fingerprint density at radius 3 is 1.58 bits per heavy atom. The Bertz CT molecular complexity index is 3130. The van der Waals surface area contributed by atoms with Gasteiger partial charge in [0.05, 0.1) is 48.7 Å². The van der Waals surface area contributed by atoms with Gasteiger partial charge in [0, 0.05) is 25.2 Å². The van der Waals surface area contributed by atoms with Crippen molar-refractivity contribution in [2.75, 3.05) is 25.6 Å². The molecule has 0 unspecified atom stereocenters. The number of hydrogen-bond donors (Lipinski definition) is 3. The first-order valence-electron chi connectivity index (χ1n) is 19.8. The van der Waals surface area contributed by atoms with E-state index in [1.807, 2.05) is 0 Å². The van der Waals surface area contributed by atoms with Crippen molar-refractivity contribution >= 4 is 67.4 Å². The molecular weight excluding hydrogens is 976 g/mol. The van der Waals surface area contributed by atoms with Crippen LogP contribution in [0.2, 0.25) is 5.15 Å². The molecule has 6 aromatic rings. The van der Waals surface area contributed by atoms with Crippen molar-refractivity contribution in [3.63, 3.8) is 0 Å². The summed E-state index contributed by atoms with van der Waals surface area (Å²) in [6.07, 6.45) is 12.8. The number of nitrogens with zero attached hydrogens (tertiary/aromatic N) is 10. The summed E-state index contributed by atoms with van der Waals surface area (Å²) in [4.78, 5) is 31.4. The van der Waals surface area contributed by atoms with E-state index < -0.39 is 65.9 Å². The third-order valence-corrected chi connectivity index (χ3v) is 14.1. The Morgan fingerprint density at radius 2 is 1.20 bits per heavy atom. The topological polar surface area (TPSA) is 285 Å². The van der Waals surface area contributed by atoms with Crippen LogP contribution in [0.3, 0.4) is 0 Å². The zero-order valence-electron chi connectivity index (χ0n) is 36.7. The number of guanidine groups is 2. The highest BCUT2D eigenvalue weighted by molar-refractivity contribution is 7.90. The quantitative estimate of drug-likeness (QED) is 0.149. The SMILES string of the molecule is CN1C(N)=N[C@](C)(c2cc(/C=C(\F)c3cnc(Cl)cn3)ccc2F)CS1(=O)=O.CN1C(N)=N[C@](C)(c2cc(/C=C(\F)c3cnc(OCc4ncco4)cn3)ccc2F)CS1(=O)=O.OCc1ncco1. The van der Waals surface area contributed by atoms with Gasteiger partial charge in [0.15, 0.2) is 18.3 Å². The van der Waals surface area contributed by atoms with Crippen LogP contribution in [0.1, 0.15) is 59.3 Å². The molecule has 0 bridgehead atoms. The Labute approximate surface area is 396 Å². The van der Waals surface area contributed by atoms with Gasteiger partial charge in [-0.05, 0) is 61.4 Å². The zero-order chi connectivity index (χ0) is 50.3. The van der Waals surface area contributed by atoms with Gasteiger partial charge in [-0.1, -0.05) is 23.7 Å². The first kappa shape index (κ1) is 51.1. The molecule has 0 amide bonds. The van der Waals surface area contributed by atoms with Crippen LogP contribution in [-0.2, 0) is 44.3 Å². The monoisotopic (exact) mass is 1020 g/mol.